The van der Waals surface area contributed by atoms with E-state index < -0.39 is 32.3 Å². The van der Waals surface area contributed by atoms with Crippen LogP contribution in [-0.4, -0.2) is 50.8 Å². The molecule has 92 valence electrons. The van der Waals surface area contributed by atoms with Gasteiger partial charge in [-0.25, -0.2) is 19.6 Å². The van der Waals surface area contributed by atoms with E-state index in [-0.39, 0.29) is 0 Å². The van der Waals surface area contributed by atoms with E-state index in [1.54, 1.807) is 0 Å². The molecule has 2 unspecified atom stereocenters. The molecule has 2 atom stereocenters. The summed E-state index contributed by atoms with van der Waals surface area (Å²) in [4.78, 5) is 23.4. The molecule has 0 aliphatic heterocycles. The van der Waals surface area contributed by atoms with Crippen molar-refractivity contribution in [3.05, 3.63) is 0 Å². The predicted molar refractivity (Wildman–Crippen MR) is 42.0 cm³/mol. The molecule has 0 aromatic carbocycles. The van der Waals surface area contributed by atoms with Crippen LogP contribution in [0.25, 0.3) is 0 Å². The SMILES string of the molecule is O=P(O)(C(COO)OO)C(COO)OO. The van der Waals surface area contributed by atoms with Crippen LogP contribution in [0.2, 0.25) is 0 Å². The van der Waals surface area contributed by atoms with Crippen molar-refractivity contribution in [1.29, 1.82) is 0 Å². The molecule has 0 rings (SSSR count). The van der Waals surface area contributed by atoms with E-state index in [4.69, 9.17) is 21.0 Å². The van der Waals surface area contributed by atoms with Gasteiger partial charge in [0.2, 0.25) is 0 Å². The fourth-order valence-electron chi connectivity index (χ4n) is 0.723. The van der Waals surface area contributed by atoms with E-state index in [0.29, 0.717) is 0 Å². The Balaban J connectivity index is 4.64. The Labute approximate surface area is 83.4 Å². The molecule has 0 amide bonds. The average Bonchev–Trinajstić information content (AvgIpc) is 2.21. The second-order valence-corrected chi connectivity index (χ2v) is 4.88. The van der Waals surface area contributed by atoms with Crippen LogP contribution in [0.1, 0.15) is 0 Å². The highest BCUT2D eigenvalue weighted by molar-refractivity contribution is 7.59. The molecule has 0 aliphatic carbocycles. The minimum atomic E-state index is -4.46. The van der Waals surface area contributed by atoms with Gasteiger partial charge >= 0.3 is 0 Å². The van der Waals surface area contributed by atoms with Crippen molar-refractivity contribution in [3.8, 4) is 0 Å². The van der Waals surface area contributed by atoms with Crippen molar-refractivity contribution in [2.45, 2.75) is 11.7 Å². The zero-order chi connectivity index (χ0) is 11.9. The lowest BCUT2D eigenvalue weighted by molar-refractivity contribution is -0.321. The fourth-order valence-corrected chi connectivity index (χ4v) is 1.92. The van der Waals surface area contributed by atoms with Crippen LogP contribution in [0.3, 0.4) is 0 Å². The molecule has 0 heterocycles. The highest BCUT2D eigenvalue weighted by atomic mass is 31.2. The summed E-state index contributed by atoms with van der Waals surface area (Å²) in [5, 5.41) is 32.5. The van der Waals surface area contributed by atoms with Crippen LogP contribution in [0, 0.1) is 0 Å². The number of hydrogen-bond donors (Lipinski definition) is 5. The summed E-state index contributed by atoms with van der Waals surface area (Å²) in [6.07, 6.45) is 0. The minimum Gasteiger partial charge on any atom is -0.340 e. The molecule has 15 heavy (non-hydrogen) atoms. The molecular formula is C4H11O10P. The lowest BCUT2D eigenvalue weighted by Gasteiger charge is -2.23. The molecule has 0 aromatic rings. The molecule has 0 saturated carbocycles. The molecule has 0 bridgehead atoms. The molecule has 0 aliphatic rings. The number of rotatable bonds is 8. The quantitative estimate of drug-likeness (QED) is 0.223. The maximum Gasteiger partial charge on any atom is 0.267 e. The van der Waals surface area contributed by atoms with Gasteiger partial charge in [0.25, 0.3) is 7.37 Å². The topological polar surface area (TPSA) is 155 Å². The molecule has 11 heteroatoms. The maximum absolute atomic E-state index is 11.5. The van der Waals surface area contributed by atoms with Crippen LogP contribution in [0.5, 0.6) is 0 Å². The normalized spacial score (nSPS) is 19.5. The molecule has 0 saturated heterocycles. The van der Waals surface area contributed by atoms with Gasteiger partial charge in [-0.2, -0.15) is 0 Å². The van der Waals surface area contributed by atoms with Crippen molar-refractivity contribution in [1.82, 2.24) is 0 Å². The van der Waals surface area contributed by atoms with Gasteiger partial charge in [0, 0.05) is 0 Å². The third-order valence-electron chi connectivity index (χ3n) is 1.50. The van der Waals surface area contributed by atoms with Crippen molar-refractivity contribution in [3.63, 3.8) is 0 Å². The lowest BCUT2D eigenvalue weighted by atomic mass is 10.8. The van der Waals surface area contributed by atoms with Crippen LogP contribution >= 0.6 is 7.37 Å². The van der Waals surface area contributed by atoms with E-state index in [9.17, 15) is 9.46 Å². The summed E-state index contributed by atoms with van der Waals surface area (Å²) in [5.41, 5.74) is 0. The maximum atomic E-state index is 11.5. The summed E-state index contributed by atoms with van der Waals surface area (Å²) in [5.74, 6) is -3.73. The Bertz CT molecular complexity index is 190. The Hall–Kier alpha value is -0.130. The third kappa shape index (κ3) is 4.09. The zero-order valence-electron chi connectivity index (χ0n) is 7.29. The average molecular weight is 250 g/mol. The summed E-state index contributed by atoms with van der Waals surface area (Å²) in [6, 6.07) is 0. The molecule has 0 radical (unpaired) electrons. The van der Waals surface area contributed by atoms with Crippen LogP contribution in [-0.2, 0) is 24.1 Å². The summed E-state index contributed by atoms with van der Waals surface area (Å²) in [7, 11) is -4.46. The number of hydrogen-bond acceptors (Lipinski definition) is 9. The monoisotopic (exact) mass is 250 g/mol. The first-order chi connectivity index (χ1) is 7.04. The molecule has 0 fully saturated rings. The van der Waals surface area contributed by atoms with Gasteiger partial charge in [0.15, 0.2) is 11.7 Å². The highest BCUT2D eigenvalue weighted by Gasteiger charge is 2.43. The van der Waals surface area contributed by atoms with E-state index >= 15 is 0 Å². The van der Waals surface area contributed by atoms with E-state index in [0.717, 1.165) is 0 Å². The summed E-state index contributed by atoms with van der Waals surface area (Å²) in [6.45, 7) is -1.70. The van der Waals surface area contributed by atoms with Crippen LogP contribution in [0.4, 0.5) is 0 Å². The second kappa shape index (κ2) is 7.19. The minimum absolute atomic E-state index is 0.852. The van der Waals surface area contributed by atoms with Crippen molar-refractivity contribution < 1.29 is 50.0 Å². The third-order valence-corrected chi connectivity index (χ3v) is 3.64. The Morgan fingerprint density at radius 1 is 0.933 bits per heavy atom. The molecule has 0 aromatic heterocycles. The molecular weight excluding hydrogens is 239 g/mol. The van der Waals surface area contributed by atoms with Gasteiger partial charge in [0.1, 0.15) is 13.2 Å². The first kappa shape index (κ1) is 14.9. The molecule has 0 spiro atoms. The first-order valence-electron chi connectivity index (χ1n) is 3.49. The van der Waals surface area contributed by atoms with Gasteiger partial charge < -0.3 is 4.89 Å². The predicted octanol–water partition coefficient (Wildman–Crippen LogP) is -0.133. The first-order valence-corrected chi connectivity index (χ1v) is 5.29. The molecule has 10 nitrogen and oxygen atoms in total. The summed E-state index contributed by atoms with van der Waals surface area (Å²) >= 11 is 0. The Morgan fingerprint density at radius 3 is 1.47 bits per heavy atom. The van der Waals surface area contributed by atoms with Gasteiger partial charge in [-0.3, -0.25) is 25.6 Å². The van der Waals surface area contributed by atoms with Gasteiger partial charge in [-0.05, 0) is 0 Å². The Morgan fingerprint density at radius 2 is 1.27 bits per heavy atom. The lowest BCUT2D eigenvalue weighted by Crippen LogP contribution is -2.28. The zero-order valence-corrected chi connectivity index (χ0v) is 8.19. The van der Waals surface area contributed by atoms with Crippen molar-refractivity contribution in [2.75, 3.05) is 13.2 Å². The standard InChI is InChI=1S/C4H11O10P/c5-11-1-3(13-7)15(9,10)4(14-8)2-12-6/h3-8H,1-2H2,(H,9,10). The van der Waals surface area contributed by atoms with E-state index in [2.05, 4.69) is 19.6 Å². The smallest absolute Gasteiger partial charge is 0.267 e. The summed E-state index contributed by atoms with van der Waals surface area (Å²) < 4.78 is 11.5. The van der Waals surface area contributed by atoms with Gasteiger partial charge in [-0.15, -0.1) is 0 Å². The largest absolute Gasteiger partial charge is 0.340 e. The van der Waals surface area contributed by atoms with E-state index in [1.165, 1.54) is 0 Å². The fraction of sp³-hybridized carbons (Fsp3) is 1.00. The van der Waals surface area contributed by atoms with Crippen LogP contribution in [0.15, 0.2) is 0 Å². The Kier molecular flexibility index (Phi) is 7.13. The molecule has 5 N–H and O–H groups in total. The van der Waals surface area contributed by atoms with Crippen LogP contribution < -0.4 is 0 Å². The highest BCUT2D eigenvalue weighted by Crippen LogP contribution is 2.51. The van der Waals surface area contributed by atoms with Crippen molar-refractivity contribution >= 4 is 7.37 Å². The second-order valence-electron chi connectivity index (χ2n) is 2.38. The van der Waals surface area contributed by atoms with Gasteiger partial charge in [0.05, 0.1) is 0 Å². The van der Waals surface area contributed by atoms with Gasteiger partial charge in [-0.1, -0.05) is 0 Å². The van der Waals surface area contributed by atoms with Crippen molar-refractivity contribution in [2.24, 2.45) is 0 Å². The van der Waals surface area contributed by atoms with E-state index in [1.807, 2.05) is 0 Å².